The molecule has 0 spiro atoms. The first kappa shape index (κ1) is 33.0. The van der Waals surface area contributed by atoms with Crippen molar-refractivity contribution in [2.24, 2.45) is 0 Å². The molecule has 2 N–H and O–H groups in total. The number of aryl methyl sites for hydroxylation is 1. The van der Waals surface area contributed by atoms with E-state index in [9.17, 15) is 19.2 Å². The molecule has 4 fully saturated rings. The van der Waals surface area contributed by atoms with E-state index in [0.717, 1.165) is 87.3 Å². The lowest BCUT2D eigenvalue weighted by Crippen LogP contribution is -2.63. The molecule has 13 nitrogen and oxygen atoms in total. The summed E-state index contributed by atoms with van der Waals surface area (Å²) >= 11 is 0. The summed E-state index contributed by atoms with van der Waals surface area (Å²) in [5.41, 5.74) is 4.33. The lowest BCUT2D eigenvalue weighted by atomic mass is 9.90. The first-order valence-electron chi connectivity index (χ1n) is 18.1. The van der Waals surface area contributed by atoms with E-state index in [4.69, 9.17) is 4.98 Å². The average Bonchev–Trinajstić information content (AvgIpc) is 3.63. The maximum atomic E-state index is 13.5. The monoisotopic (exact) mass is 689 g/mol. The van der Waals surface area contributed by atoms with Crippen molar-refractivity contribution in [3.05, 3.63) is 75.8 Å². The second-order valence-electron chi connectivity index (χ2n) is 14.3. The standard InChI is InChI=1S/C38H43N9O4/c1-23-31-20-40-38(43-35(31)47(27-5-3-4-6-27)37(51)34(23)24(2)48)41-32-13-11-28(19-39-32)44-15-17-45(18-16-44)29-21-46(22-29)26-9-7-25(8-10-26)30-12-14-33(49)42-36(30)50/h7-11,13,19-20,27,29-30H,3-6,12,14-18,21-22H2,1-2H3,(H,42,49,50)(H,39,40,41,43). The molecule has 3 aromatic heterocycles. The van der Waals surface area contributed by atoms with Gasteiger partial charge in [-0.2, -0.15) is 4.98 Å². The summed E-state index contributed by atoms with van der Waals surface area (Å²) in [6.45, 7) is 8.98. The van der Waals surface area contributed by atoms with E-state index >= 15 is 0 Å². The van der Waals surface area contributed by atoms with Crippen molar-refractivity contribution in [3.8, 4) is 0 Å². The molecule has 0 bridgehead atoms. The highest BCUT2D eigenvalue weighted by Crippen LogP contribution is 2.33. The molecule has 1 unspecified atom stereocenters. The molecule has 51 heavy (non-hydrogen) atoms. The van der Waals surface area contributed by atoms with Gasteiger partial charge in [0, 0.05) is 75.0 Å². The number of nitrogens with zero attached hydrogens (tertiary/aromatic N) is 7. The highest BCUT2D eigenvalue weighted by Gasteiger charge is 2.34. The third kappa shape index (κ3) is 6.35. The van der Waals surface area contributed by atoms with Crippen LogP contribution in [0.15, 0.2) is 53.6 Å². The Morgan fingerprint density at radius 1 is 0.843 bits per heavy atom. The number of rotatable bonds is 8. The number of nitrogens with one attached hydrogen (secondary N) is 2. The topological polar surface area (TPSA) is 146 Å². The number of fused-ring (bicyclic) bond motifs is 1. The Morgan fingerprint density at radius 3 is 2.24 bits per heavy atom. The number of imide groups is 1. The van der Waals surface area contributed by atoms with Gasteiger partial charge in [0.1, 0.15) is 11.5 Å². The van der Waals surface area contributed by atoms with Crippen LogP contribution in [0.4, 0.5) is 23.1 Å². The van der Waals surface area contributed by atoms with Gasteiger partial charge >= 0.3 is 0 Å². The van der Waals surface area contributed by atoms with Crippen LogP contribution in [0.1, 0.15) is 78.9 Å². The average molecular weight is 690 g/mol. The lowest BCUT2D eigenvalue weighted by Gasteiger charge is -2.49. The molecule has 6 heterocycles. The van der Waals surface area contributed by atoms with Crippen molar-refractivity contribution < 1.29 is 14.4 Å². The van der Waals surface area contributed by atoms with Gasteiger partial charge in [0.05, 0.1) is 23.4 Å². The molecule has 8 rings (SSSR count). The number of amides is 2. The quantitative estimate of drug-likeness (QED) is 0.204. The molecule has 13 heteroatoms. The van der Waals surface area contributed by atoms with Gasteiger partial charge in [0.25, 0.3) is 5.56 Å². The molecular weight excluding hydrogens is 646 g/mol. The number of hydrogen-bond donors (Lipinski definition) is 2. The second-order valence-corrected chi connectivity index (χ2v) is 14.3. The van der Waals surface area contributed by atoms with E-state index in [1.807, 2.05) is 24.4 Å². The number of piperazine rings is 1. The summed E-state index contributed by atoms with van der Waals surface area (Å²) in [6, 6.07) is 12.7. The van der Waals surface area contributed by atoms with Crippen LogP contribution in [-0.4, -0.2) is 87.3 Å². The predicted octanol–water partition coefficient (Wildman–Crippen LogP) is 4.09. The maximum Gasteiger partial charge on any atom is 0.263 e. The number of Topliss-reactive ketones (excluding diaryl/α,β-unsaturated/α-hetero) is 1. The molecule has 264 valence electrons. The summed E-state index contributed by atoms with van der Waals surface area (Å²) in [4.78, 5) is 71.0. The van der Waals surface area contributed by atoms with E-state index in [-0.39, 0.29) is 40.7 Å². The Morgan fingerprint density at radius 2 is 1.57 bits per heavy atom. The number of aromatic nitrogens is 4. The van der Waals surface area contributed by atoms with E-state index in [0.29, 0.717) is 41.9 Å². The third-order valence-electron chi connectivity index (χ3n) is 11.2. The molecule has 2 amide bonds. The van der Waals surface area contributed by atoms with E-state index in [1.165, 1.54) is 6.92 Å². The van der Waals surface area contributed by atoms with E-state index in [2.05, 4.69) is 53.5 Å². The Labute approximate surface area is 296 Å². The lowest BCUT2D eigenvalue weighted by molar-refractivity contribution is -0.134. The number of carbonyl (C=O) groups is 3. The largest absolute Gasteiger partial charge is 0.368 e. The summed E-state index contributed by atoms with van der Waals surface area (Å²) < 4.78 is 1.72. The van der Waals surface area contributed by atoms with Crippen LogP contribution in [0.25, 0.3) is 11.0 Å². The number of hydrogen-bond acceptors (Lipinski definition) is 11. The number of ketones is 1. The Kier molecular flexibility index (Phi) is 8.74. The zero-order valence-corrected chi connectivity index (χ0v) is 29.1. The van der Waals surface area contributed by atoms with Crippen LogP contribution < -0.4 is 26.0 Å². The minimum absolute atomic E-state index is 0.0217. The normalized spacial score (nSPS) is 20.5. The number of carbonyl (C=O) groups excluding carboxylic acids is 3. The molecule has 0 radical (unpaired) electrons. The molecule has 1 atom stereocenters. The fourth-order valence-electron chi connectivity index (χ4n) is 8.24. The Balaban J connectivity index is 0.867. The van der Waals surface area contributed by atoms with Gasteiger partial charge in [0.15, 0.2) is 5.78 Å². The maximum absolute atomic E-state index is 13.5. The number of anilines is 4. The Bertz CT molecular complexity index is 2040. The molecule has 4 aromatic rings. The van der Waals surface area contributed by atoms with Crippen molar-refractivity contribution >= 4 is 51.8 Å². The van der Waals surface area contributed by atoms with Crippen LogP contribution in [0.3, 0.4) is 0 Å². The first-order chi connectivity index (χ1) is 24.7. The summed E-state index contributed by atoms with van der Waals surface area (Å²) in [5.74, 6) is 0.0965. The zero-order valence-electron chi connectivity index (χ0n) is 29.1. The van der Waals surface area contributed by atoms with Crippen LogP contribution in [-0.2, 0) is 9.59 Å². The molecular formula is C38H43N9O4. The van der Waals surface area contributed by atoms with Gasteiger partial charge in [-0.25, -0.2) is 9.97 Å². The highest BCUT2D eigenvalue weighted by molar-refractivity contribution is 6.01. The minimum atomic E-state index is -0.264. The molecule has 3 saturated heterocycles. The molecule has 1 aromatic carbocycles. The van der Waals surface area contributed by atoms with Crippen molar-refractivity contribution in [1.82, 2.24) is 29.7 Å². The smallest absolute Gasteiger partial charge is 0.263 e. The van der Waals surface area contributed by atoms with Gasteiger partial charge < -0.3 is 15.1 Å². The second kappa shape index (κ2) is 13.5. The highest BCUT2D eigenvalue weighted by atomic mass is 16.2. The number of benzene rings is 1. The molecule has 4 aliphatic rings. The van der Waals surface area contributed by atoms with Crippen molar-refractivity contribution in [1.29, 1.82) is 0 Å². The van der Waals surface area contributed by atoms with Crippen LogP contribution >= 0.6 is 0 Å². The Hall–Kier alpha value is -5.17. The van der Waals surface area contributed by atoms with Crippen LogP contribution in [0, 0.1) is 6.92 Å². The van der Waals surface area contributed by atoms with Gasteiger partial charge in [-0.05, 0) is 68.5 Å². The van der Waals surface area contributed by atoms with E-state index < -0.39 is 0 Å². The first-order valence-corrected chi connectivity index (χ1v) is 18.1. The van der Waals surface area contributed by atoms with Crippen molar-refractivity contribution in [2.75, 3.05) is 54.4 Å². The molecule has 1 saturated carbocycles. The fraction of sp³-hybridized carbons (Fsp3) is 0.447. The zero-order chi connectivity index (χ0) is 35.2. The summed E-state index contributed by atoms with van der Waals surface area (Å²) in [6.07, 6.45) is 8.41. The van der Waals surface area contributed by atoms with Gasteiger partial charge in [-0.15, -0.1) is 0 Å². The third-order valence-corrected chi connectivity index (χ3v) is 11.2. The molecule has 1 aliphatic carbocycles. The number of piperidine rings is 1. The SMILES string of the molecule is CC(=O)c1c(C)c2cnc(Nc3ccc(N4CCN(C5CN(c6ccc(C7CCC(=O)NC7=O)cc6)C5)CC4)cn3)nc2n(C2CCCC2)c1=O. The fourth-order valence-corrected chi connectivity index (χ4v) is 8.24. The van der Waals surface area contributed by atoms with Gasteiger partial charge in [0.2, 0.25) is 17.8 Å². The molecule has 3 aliphatic heterocycles. The number of pyridine rings is 2. The van der Waals surface area contributed by atoms with Crippen LogP contribution in [0.5, 0.6) is 0 Å². The summed E-state index contributed by atoms with van der Waals surface area (Å²) in [5, 5.41) is 6.39. The van der Waals surface area contributed by atoms with Crippen LogP contribution in [0.2, 0.25) is 0 Å². The van der Waals surface area contributed by atoms with E-state index in [1.54, 1.807) is 17.7 Å². The van der Waals surface area contributed by atoms with Gasteiger partial charge in [-0.1, -0.05) is 25.0 Å². The minimum Gasteiger partial charge on any atom is -0.368 e. The van der Waals surface area contributed by atoms with Crippen molar-refractivity contribution in [3.63, 3.8) is 0 Å². The summed E-state index contributed by atoms with van der Waals surface area (Å²) in [7, 11) is 0. The van der Waals surface area contributed by atoms with Gasteiger partial charge in [-0.3, -0.25) is 34.0 Å². The van der Waals surface area contributed by atoms with Crippen molar-refractivity contribution in [2.45, 2.75) is 70.4 Å². The predicted molar refractivity (Wildman–Crippen MR) is 195 cm³/mol.